The fraction of sp³-hybridized carbons (Fsp3) is 0.877. The minimum Gasteiger partial charge on any atom is -0.462 e. The minimum atomic E-state index is -4.39. The molecule has 0 aromatic carbocycles. The summed E-state index contributed by atoms with van der Waals surface area (Å²) in [5.41, 5.74) is 0. The van der Waals surface area contributed by atoms with E-state index >= 15 is 0 Å². The van der Waals surface area contributed by atoms with Crippen molar-refractivity contribution in [1.82, 2.24) is 0 Å². The number of unbranched alkanes of at least 4 members (excludes halogenated alkanes) is 40. The molecule has 0 amide bonds. The summed E-state index contributed by atoms with van der Waals surface area (Å²) < 4.78 is 34.6. The van der Waals surface area contributed by atoms with Crippen LogP contribution in [0.3, 0.4) is 0 Å². The predicted molar refractivity (Wildman–Crippen MR) is 321 cm³/mol. The molecule has 442 valence electrons. The zero-order chi connectivity index (χ0) is 54.9. The molecular weight excluding hydrogens is 954 g/mol. The highest BCUT2D eigenvalue weighted by Gasteiger charge is 2.27. The molecule has 0 aliphatic heterocycles. The minimum absolute atomic E-state index is 0.0315. The summed E-state index contributed by atoms with van der Waals surface area (Å²) in [6.07, 6.45) is 71.0. The predicted octanol–water partition coefficient (Wildman–Crippen LogP) is 20.3. The van der Waals surface area contributed by atoms with Crippen LogP contribution in [-0.4, -0.2) is 74.9 Å². The first kappa shape index (κ1) is 73.2. The quantitative estimate of drug-likeness (QED) is 0.0211. The summed E-state index contributed by atoms with van der Waals surface area (Å²) >= 11 is 0. The number of carbonyl (C=O) groups is 2. The van der Waals surface area contributed by atoms with Crippen molar-refractivity contribution in [3.8, 4) is 0 Å². The van der Waals surface area contributed by atoms with Crippen LogP contribution < -0.4 is 0 Å². The van der Waals surface area contributed by atoms with Crippen molar-refractivity contribution in [3.63, 3.8) is 0 Å². The van der Waals surface area contributed by atoms with Gasteiger partial charge in [0, 0.05) is 12.8 Å². The fourth-order valence-electron chi connectivity index (χ4n) is 9.40. The van der Waals surface area contributed by atoms with Gasteiger partial charge in [-0.1, -0.05) is 269 Å². The van der Waals surface area contributed by atoms with Crippen molar-refractivity contribution >= 4 is 19.8 Å². The molecule has 0 radical (unpaired) electrons. The molecule has 0 rings (SSSR count). The van der Waals surface area contributed by atoms with E-state index in [9.17, 15) is 19.0 Å². The Morgan fingerprint density at radius 1 is 0.413 bits per heavy atom. The number of hydrogen-bond acceptors (Lipinski definition) is 7. The topological polar surface area (TPSA) is 108 Å². The summed E-state index contributed by atoms with van der Waals surface area (Å²) in [4.78, 5) is 35.7. The lowest BCUT2D eigenvalue weighted by atomic mass is 10.0. The number of likely N-dealkylation sites (N-methyl/N-ethyl adjacent to an activating group) is 1. The van der Waals surface area contributed by atoms with Crippen molar-refractivity contribution < 1.29 is 42.1 Å². The Morgan fingerprint density at radius 3 is 1.08 bits per heavy atom. The van der Waals surface area contributed by atoms with Gasteiger partial charge in [-0.2, -0.15) is 0 Å². The Balaban J connectivity index is 3.98. The number of phosphoric ester groups is 1. The molecule has 0 saturated heterocycles. The van der Waals surface area contributed by atoms with Gasteiger partial charge >= 0.3 is 19.8 Å². The number of hydrogen-bond donors (Lipinski definition) is 1. The Hall–Kier alpha value is -1.77. The first-order valence-electron chi connectivity index (χ1n) is 32.2. The molecule has 0 bridgehead atoms. The molecule has 75 heavy (non-hydrogen) atoms. The summed E-state index contributed by atoms with van der Waals surface area (Å²) in [6, 6.07) is 0. The lowest BCUT2D eigenvalue weighted by molar-refractivity contribution is -0.870. The highest BCUT2D eigenvalue weighted by atomic mass is 31.2. The molecule has 2 unspecified atom stereocenters. The maximum atomic E-state index is 12.8. The average molecular weight is 1080 g/mol. The molecule has 2 atom stereocenters. The zero-order valence-electron chi connectivity index (χ0n) is 50.3. The van der Waals surface area contributed by atoms with Crippen LogP contribution in [0.5, 0.6) is 0 Å². The van der Waals surface area contributed by atoms with Crippen molar-refractivity contribution in [2.45, 2.75) is 322 Å². The Kier molecular flexibility index (Phi) is 55.6. The van der Waals surface area contributed by atoms with Gasteiger partial charge in [-0.05, 0) is 70.6 Å². The van der Waals surface area contributed by atoms with Gasteiger partial charge in [0.15, 0.2) is 6.10 Å². The number of nitrogens with zero attached hydrogens (tertiary/aromatic N) is 1. The van der Waals surface area contributed by atoms with Crippen LogP contribution in [0.2, 0.25) is 0 Å². The van der Waals surface area contributed by atoms with E-state index in [4.69, 9.17) is 18.5 Å². The second-order valence-corrected chi connectivity index (χ2v) is 24.6. The molecule has 0 fully saturated rings. The van der Waals surface area contributed by atoms with Crippen LogP contribution in [0.15, 0.2) is 36.5 Å². The van der Waals surface area contributed by atoms with E-state index in [-0.39, 0.29) is 25.6 Å². The molecule has 1 N–H and O–H groups in total. The van der Waals surface area contributed by atoms with Crippen LogP contribution in [-0.2, 0) is 32.7 Å². The average Bonchev–Trinajstić information content (AvgIpc) is 3.37. The van der Waals surface area contributed by atoms with E-state index < -0.39 is 26.5 Å². The molecule has 10 heteroatoms. The number of esters is 2. The van der Waals surface area contributed by atoms with Crippen LogP contribution in [0.1, 0.15) is 316 Å². The first-order valence-corrected chi connectivity index (χ1v) is 33.7. The number of quaternary nitrogens is 1. The Labute approximate surface area is 465 Å². The largest absolute Gasteiger partial charge is 0.472 e. The van der Waals surface area contributed by atoms with E-state index in [2.05, 4.69) is 50.3 Å². The van der Waals surface area contributed by atoms with Crippen LogP contribution in [0, 0.1) is 0 Å². The van der Waals surface area contributed by atoms with E-state index in [0.717, 1.165) is 51.4 Å². The zero-order valence-corrected chi connectivity index (χ0v) is 51.2. The Morgan fingerprint density at radius 2 is 0.720 bits per heavy atom. The third-order valence-electron chi connectivity index (χ3n) is 14.4. The van der Waals surface area contributed by atoms with Gasteiger partial charge < -0.3 is 18.9 Å². The molecule has 0 aromatic heterocycles. The monoisotopic (exact) mass is 1080 g/mol. The SMILES string of the molecule is CCCCCC/C=C\C/C=C\CCCCCCCCCC(=O)OC(COC(=O)CCCCCCCCCCCCCCCCCCCCCCC/C=C\CCCCCCCCCC)COP(=O)(O)OCC[N+](C)(C)C. The number of ether oxygens (including phenoxy) is 2. The van der Waals surface area contributed by atoms with E-state index in [1.165, 1.54) is 231 Å². The lowest BCUT2D eigenvalue weighted by Crippen LogP contribution is -2.37. The molecule has 0 aliphatic carbocycles. The van der Waals surface area contributed by atoms with Crippen LogP contribution >= 0.6 is 7.82 Å². The fourth-order valence-corrected chi connectivity index (χ4v) is 10.1. The normalized spacial score (nSPS) is 13.4. The summed E-state index contributed by atoms with van der Waals surface area (Å²) in [6.45, 7) is 4.45. The van der Waals surface area contributed by atoms with Crippen LogP contribution in [0.25, 0.3) is 0 Å². The third-order valence-corrected chi connectivity index (χ3v) is 15.4. The summed E-state index contributed by atoms with van der Waals surface area (Å²) in [5, 5.41) is 0. The highest BCUT2D eigenvalue weighted by molar-refractivity contribution is 7.47. The molecule has 0 saturated carbocycles. The molecule has 0 spiro atoms. The smallest absolute Gasteiger partial charge is 0.462 e. The number of allylic oxidation sites excluding steroid dienone is 6. The molecule has 0 aliphatic rings. The number of phosphoric acid groups is 1. The molecule has 9 nitrogen and oxygen atoms in total. The van der Waals surface area contributed by atoms with Gasteiger partial charge in [0.05, 0.1) is 27.7 Å². The third kappa shape index (κ3) is 61.3. The molecular formula is C65H125NO8P+. The van der Waals surface area contributed by atoms with Crippen molar-refractivity contribution in [2.75, 3.05) is 47.5 Å². The Bertz CT molecular complexity index is 1360. The van der Waals surface area contributed by atoms with Crippen molar-refractivity contribution in [1.29, 1.82) is 0 Å². The van der Waals surface area contributed by atoms with Gasteiger partial charge in [-0.15, -0.1) is 0 Å². The van der Waals surface area contributed by atoms with Crippen LogP contribution in [0.4, 0.5) is 0 Å². The van der Waals surface area contributed by atoms with Gasteiger partial charge in [-0.25, -0.2) is 4.57 Å². The summed E-state index contributed by atoms with van der Waals surface area (Å²) in [7, 11) is 1.48. The molecule has 0 heterocycles. The van der Waals surface area contributed by atoms with Gasteiger partial charge in [0.25, 0.3) is 0 Å². The number of rotatable bonds is 60. The van der Waals surface area contributed by atoms with Crippen molar-refractivity contribution in [2.24, 2.45) is 0 Å². The first-order chi connectivity index (χ1) is 36.5. The lowest BCUT2D eigenvalue weighted by Gasteiger charge is -2.24. The van der Waals surface area contributed by atoms with E-state index in [0.29, 0.717) is 23.9 Å². The summed E-state index contributed by atoms with van der Waals surface area (Å²) in [5.74, 6) is -0.792. The van der Waals surface area contributed by atoms with E-state index in [1.807, 2.05) is 21.1 Å². The molecule has 0 aromatic rings. The highest BCUT2D eigenvalue weighted by Crippen LogP contribution is 2.43. The van der Waals surface area contributed by atoms with Gasteiger partial charge in [0.2, 0.25) is 0 Å². The maximum Gasteiger partial charge on any atom is 0.472 e. The number of carbonyl (C=O) groups excluding carboxylic acids is 2. The van der Waals surface area contributed by atoms with Crippen molar-refractivity contribution in [3.05, 3.63) is 36.5 Å². The van der Waals surface area contributed by atoms with Gasteiger partial charge in [-0.3, -0.25) is 18.6 Å². The van der Waals surface area contributed by atoms with Gasteiger partial charge in [0.1, 0.15) is 19.8 Å². The second-order valence-electron chi connectivity index (χ2n) is 23.1. The maximum absolute atomic E-state index is 12.8. The standard InChI is InChI=1S/C65H124NO8P/c1-6-8-10-12-14-16-18-20-22-24-26-27-28-29-30-31-32-33-34-35-36-37-38-39-40-42-43-45-47-49-51-53-55-57-64(67)71-61-63(62-73-75(69,70)72-60-59-66(3,4)5)74-65(68)58-56-54-52-50-48-46-44-41-25-23-21-19-17-15-13-11-9-7-2/h17,19,23-26,63H,6-16,18,20-22,27-62H2,1-5H3/p+1/b19-17-,25-23-,26-24-. The van der Waals surface area contributed by atoms with E-state index in [1.54, 1.807) is 0 Å². The second kappa shape index (κ2) is 56.9.